The van der Waals surface area contributed by atoms with Crippen LogP contribution in [0.25, 0.3) is 0 Å². The van der Waals surface area contributed by atoms with E-state index in [1.807, 2.05) is 13.8 Å². The van der Waals surface area contributed by atoms with E-state index >= 15 is 0 Å². The van der Waals surface area contributed by atoms with E-state index in [0.29, 0.717) is 0 Å². The van der Waals surface area contributed by atoms with Crippen molar-refractivity contribution in [1.82, 2.24) is 5.32 Å². The number of carbonyl (C=O) groups is 2. The summed E-state index contributed by atoms with van der Waals surface area (Å²) in [5, 5.41) is 11.0. The Kier molecular flexibility index (Phi) is 4.93. The van der Waals surface area contributed by atoms with Crippen LogP contribution in [0.2, 0.25) is 0 Å². The Morgan fingerprint density at radius 1 is 1.35 bits per heavy atom. The third-order valence-electron chi connectivity index (χ3n) is 2.48. The van der Waals surface area contributed by atoms with Crippen molar-refractivity contribution in [2.75, 3.05) is 6.26 Å². The summed E-state index contributed by atoms with van der Waals surface area (Å²) in [6.45, 7) is 3.66. The lowest BCUT2D eigenvalue weighted by molar-refractivity contribution is -0.139. The van der Waals surface area contributed by atoms with Crippen LogP contribution in [0.15, 0.2) is 21.6 Å². The van der Waals surface area contributed by atoms with Gasteiger partial charge in [-0.05, 0) is 24.5 Å². The normalized spacial score (nSPS) is 13.2. The van der Waals surface area contributed by atoms with Gasteiger partial charge in [0, 0.05) is 6.26 Å². The van der Waals surface area contributed by atoms with Gasteiger partial charge in [0.15, 0.2) is 5.76 Å². The standard InChI is InChI=1S/C12H17NO6S/c1-7(2)6-8(12(15)16)13-11(14)9-4-5-10(19-9)20(3,17)18/h4-5,7-8H,6H2,1-3H3,(H,13,14)(H,15,16)/t8-/m1/s1. The van der Waals surface area contributed by atoms with E-state index in [2.05, 4.69) is 5.32 Å². The van der Waals surface area contributed by atoms with Gasteiger partial charge in [-0.25, -0.2) is 13.2 Å². The molecular weight excluding hydrogens is 286 g/mol. The number of hydrogen-bond donors (Lipinski definition) is 2. The Bertz CT molecular complexity index is 601. The van der Waals surface area contributed by atoms with Crippen LogP contribution in [0.1, 0.15) is 30.8 Å². The predicted molar refractivity (Wildman–Crippen MR) is 70.2 cm³/mol. The maximum Gasteiger partial charge on any atom is 0.326 e. The molecule has 0 aliphatic rings. The minimum atomic E-state index is -3.54. The molecule has 0 aliphatic carbocycles. The van der Waals surface area contributed by atoms with Crippen LogP contribution in [0.3, 0.4) is 0 Å². The van der Waals surface area contributed by atoms with Gasteiger partial charge in [-0.15, -0.1) is 0 Å². The molecule has 1 heterocycles. The van der Waals surface area contributed by atoms with Crippen LogP contribution >= 0.6 is 0 Å². The van der Waals surface area contributed by atoms with Crippen molar-refractivity contribution in [1.29, 1.82) is 0 Å². The van der Waals surface area contributed by atoms with Gasteiger partial charge in [-0.1, -0.05) is 13.8 Å². The van der Waals surface area contributed by atoms with Crippen LogP contribution < -0.4 is 5.32 Å². The fourth-order valence-corrected chi connectivity index (χ4v) is 2.12. The molecule has 0 saturated carbocycles. The molecule has 0 saturated heterocycles. The van der Waals surface area contributed by atoms with Crippen molar-refractivity contribution >= 4 is 21.7 Å². The SMILES string of the molecule is CC(C)C[C@@H](NC(=O)c1ccc(S(C)(=O)=O)o1)C(=O)O. The molecule has 2 N–H and O–H groups in total. The molecule has 1 rings (SSSR count). The fourth-order valence-electron chi connectivity index (χ4n) is 1.56. The third kappa shape index (κ3) is 4.37. The molecule has 1 aromatic rings. The van der Waals surface area contributed by atoms with E-state index in [-0.39, 0.29) is 23.2 Å². The lowest BCUT2D eigenvalue weighted by Crippen LogP contribution is -2.41. The van der Waals surface area contributed by atoms with Crippen molar-refractivity contribution in [3.63, 3.8) is 0 Å². The first-order chi connectivity index (χ1) is 9.11. The Morgan fingerprint density at radius 3 is 2.35 bits per heavy atom. The van der Waals surface area contributed by atoms with Gasteiger partial charge in [0.1, 0.15) is 6.04 Å². The summed E-state index contributed by atoms with van der Waals surface area (Å²) < 4.78 is 27.4. The number of rotatable bonds is 6. The number of hydrogen-bond acceptors (Lipinski definition) is 5. The van der Waals surface area contributed by atoms with Crippen molar-refractivity contribution in [3.8, 4) is 0 Å². The molecule has 0 bridgehead atoms. The highest BCUT2D eigenvalue weighted by atomic mass is 32.2. The smallest absolute Gasteiger partial charge is 0.326 e. The maximum absolute atomic E-state index is 11.8. The van der Waals surface area contributed by atoms with E-state index in [1.54, 1.807) is 0 Å². The number of aliphatic carboxylic acids is 1. The molecule has 20 heavy (non-hydrogen) atoms. The number of carboxylic acid groups (broad SMARTS) is 1. The molecular formula is C12H17NO6S. The van der Waals surface area contributed by atoms with Crippen LogP contribution in [-0.2, 0) is 14.6 Å². The number of sulfone groups is 1. The molecule has 0 aliphatic heterocycles. The first-order valence-corrected chi connectivity index (χ1v) is 7.84. The van der Waals surface area contributed by atoms with Crippen molar-refractivity contribution < 1.29 is 27.5 Å². The van der Waals surface area contributed by atoms with Gasteiger partial charge in [0.2, 0.25) is 14.9 Å². The number of carboxylic acids is 1. The van der Waals surface area contributed by atoms with Crippen LogP contribution in [0.4, 0.5) is 0 Å². The molecule has 1 atom stereocenters. The Labute approximate surface area is 116 Å². The van der Waals surface area contributed by atoms with Crippen molar-refractivity contribution in [2.24, 2.45) is 5.92 Å². The lowest BCUT2D eigenvalue weighted by atomic mass is 10.0. The largest absolute Gasteiger partial charge is 0.480 e. The number of nitrogens with one attached hydrogen (secondary N) is 1. The summed E-state index contributed by atoms with van der Waals surface area (Å²) >= 11 is 0. The van der Waals surface area contributed by atoms with Crippen molar-refractivity contribution in [3.05, 3.63) is 17.9 Å². The average molecular weight is 303 g/mol. The third-order valence-corrected chi connectivity index (χ3v) is 3.43. The fraction of sp³-hybridized carbons (Fsp3) is 0.500. The molecule has 7 nitrogen and oxygen atoms in total. The summed E-state index contributed by atoms with van der Waals surface area (Å²) in [5.74, 6) is -2.06. The Balaban J connectivity index is 2.84. The quantitative estimate of drug-likeness (QED) is 0.807. The van der Waals surface area contributed by atoms with Gasteiger partial charge < -0.3 is 14.8 Å². The molecule has 0 aromatic carbocycles. The van der Waals surface area contributed by atoms with Crippen LogP contribution in [-0.4, -0.2) is 37.7 Å². The topological polar surface area (TPSA) is 114 Å². The summed E-state index contributed by atoms with van der Waals surface area (Å²) in [5.41, 5.74) is 0. The highest BCUT2D eigenvalue weighted by Gasteiger charge is 2.24. The second kappa shape index (κ2) is 6.08. The van der Waals surface area contributed by atoms with Gasteiger partial charge >= 0.3 is 5.97 Å². The van der Waals surface area contributed by atoms with Gasteiger partial charge in [-0.2, -0.15) is 0 Å². The molecule has 0 fully saturated rings. The van der Waals surface area contributed by atoms with E-state index in [4.69, 9.17) is 9.52 Å². The average Bonchev–Trinajstić information content (AvgIpc) is 2.75. The van der Waals surface area contributed by atoms with Gasteiger partial charge in [0.25, 0.3) is 5.91 Å². The molecule has 0 radical (unpaired) electrons. The van der Waals surface area contributed by atoms with E-state index in [1.165, 1.54) is 6.07 Å². The number of carbonyl (C=O) groups excluding carboxylic acids is 1. The minimum absolute atomic E-state index is 0.0829. The molecule has 8 heteroatoms. The number of amides is 1. The molecule has 1 aromatic heterocycles. The van der Waals surface area contributed by atoms with Gasteiger partial charge in [-0.3, -0.25) is 4.79 Å². The summed E-state index contributed by atoms with van der Waals surface area (Å²) in [6, 6.07) is 1.30. The molecule has 112 valence electrons. The molecule has 0 spiro atoms. The predicted octanol–water partition coefficient (Wildman–Crippen LogP) is 0.912. The zero-order valence-electron chi connectivity index (χ0n) is 11.4. The summed E-state index contributed by atoms with van der Waals surface area (Å²) in [7, 11) is -3.54. The molecule has 1 amide bonds. The van der Waals surface area contributed by atoms with Crippen LogP contribution in [0, 0.1) is 5.92 Å². The number of furan rings is 1. The summed E-state index contributed by atoms with van der Waals surface area (Å²) in [6.07, 6.45) is 1.22. The first-order valence-electron chi connectivity index (χ1n) is 5.95. The second-order valence-corrected chi connectivity index (χ2v) is 6.83. The van der Waals surface area contributed by atoms with Crippen LogP contribution in [0.5, 0.6) is 0 Å². The Hall–Kier alpha value is -1.83. The highest BCUT2D eigenvalue weighted by Crippen LogP contribution is 2.14. The monoisotopic (exact) mass is 303 g/mol. The highest BCUT2D eigenvalue weighted by molar-refractivity contribution is 7.90. The van der Waals surface area contributed by atoms with Gasteiger partial charge in [0.05, 0.1) is 0 Å². The van der Waals surface area contributed by atoms with E-state index < -0.39 is 27.8 Å². The van der Waals surface area contributed by atoms with E-state index in [0.717, 1.165) is 12.3 Å². The van der Waals surface area contributed by atoms with E-state index in [9.17, 15) is 18.0 Å². The zero-order valence-corrected chi connectivity index (χ0v) is 12.2. The zero-order chi connectivity index (χ0) is 15.5. The molecule has 0 unspecified atom stereocenters. The maximum atomic E-state index is 11.8. The minimum Gasteiger partial charge on any atom is -0.480 e. The summed E-state index contributed by atoms with van der Waals surface area (Å²) in [4.78, 5) is 22.8. The lowest BCUT2D eigenvalue weighted by Gasteiger charge is -2.15. The Morgan fingerprint density at radius 2 is 1.95 bits per heavy atom. The first kappa shape index (κ1) is 16.2. The second-order valence-electron chi connectivity index (χ2n) is 4.88. The van der Waals surface area contributed by atoms with Crippen molar-refractivity contribution in [2.45, 2.75) is 31.4 Å².